The molecule has 0 amide bonds. The predicted molar refractivity (Wildman–Crippen MR) is 72.6 cm³/mol. The number of ether oxygens (including phenoxy) is 2. The van der Waals surface area contributed by atoms with E-state index in [1.165, 1.54) is 0 Å². The molecule has 0 aromatic heterocycles. The van der Waals surface area contributed by atoms with Crippen LogP contribution in [0.4, 0.5) is 5.69 Å². The second-order valence-corrected chi connectivity index (χ2v) is 4.82. The summed E-state index contributed by atoms with van der Waals surface area (Å²) in [6.07, 6.45) is -0.500. The van der Waals surface area contributed by atoms with E-state index in [-0.39, 0.29) is 19.3 Å². The number of rotatable bonds is 7. The summed E-state index contributed by atoms with van der Waals surface area (Å²) in [5.41, 5.74) is 6.27. The van der Waals surface area contributed by atoms with Crippen LogP contribution in [0.2, 0.25) is 0 Å². The van der Waals surface area contributed by atoms with Gasteiger partial charge in [-0.1, -0.05) is 19.9 Å². The molecule has 1 aromatic carbocycles. The fourth-order valence-electron chi connectivity index (χ4n) is 1.30. The lowest BCUT2D eigenvalue weighted by molar-refractivity contribution is -0.0331. The van der Waals surface area contributed by atoms with E-state index < -0.39 is 6.10 Å². The van der Waals surface area contributed by atoms with Crippen LogP contribution in [0.5, 0.6) is 5.75 Å². The smallest absolute Gasteiger partial charge is 0.121 e. The normalized spacial score (nSPS) is 14.5. The minimum absolute atomic E-state index is 0.131. The zero-order valence-corrected chi connectivity index (χ0v) is 11.3. The second-order valence-electron chi connectivity index (χ2n) is 4.82. The van der Waals surface area contributed by atoms with Gasteiger partial charge in [-0.15, -0.1) is 0 Å². The summed E-state index contributed by atoms with van der Waals surface area (Å²) in [6, 6.07) is 7.14. The monoisotopic (exact) mass is 253 g/mol. The Morgan fingerprint density at radius 1 is 1.22 bits per heavy atom. The molecule has 0 heterocycles. The minimum Gasteiger partial charge on any atom is -0.491 e. The number of nitrogens with two attached hydrogens (primary N) is 1. The SMILES string of the molecule is CC(C)C(C)OCC(O)COc1cccc(N)c1. The van der Waals surface area contributed by atoms with Gasteiger partial charge in [0, 0.05) is 11.8 Å². The molecule has 3 N–H and O–H groups in total. The number of anilines is 1. The van der Waals surface area contributed by atoms with Crippen LogP contribution in [0.15, 0.2) is 24.3 Å². The summed E-state index contributed by atoms with van der Waals surface area (Å²) in [6.45, 7) is 6.65. The van der Waals surface area contributed by atoms with Crippen molar-refractivity contribution in [1.82, 2.24) is 0 Å². The summed E-state index contributed by atoms with van der Waals surface area (Å²) < 4.78 is 11.0. The number of benzene rings is 1. The standard InChI is InChI=1S/C14H23NO3/c1-10(2)11(3)17-8-13(16)9-18-14-6-4-5-12(15)7-14/h4-7,10-11,13,16H,8-9,15H2,1-3H3. The third-order valence-electron chi connectivity index (χ3n) is 2.79. The third-order valence-corrected chi connectivity index (χ3v) is 2.79. The van der Waals surface area contributed by atoms with Crippen LogP contribution >= 0.6 is 0 Å². The maximum Gasteiger partial charge on any atom is 0.121 e. The molecule has 102 valence electrons. The van der Waals surface area contributed by atoms with Crippen LogP contribution in [-0.4, -0.2) is 30.5 Å². The summed E-state index contributed by atoms with van der Waals surface area (Å²) in [5.74, 6) is 1.10. The first kappa shape index (κ1) is 14.8. The number of hydrogen-bond donors (Lipinski definition) is 2. The Labute approximate surface area is 109 Å². The van der Waals surface area contributed by atoms with E-state index in [0.717, 1.165) is 0 Å². The van der Waals surface area contributed by atoms with Gasteiger partial charge in [-0.2, -0.15) is 0 Å². The van der Waals surface area contributed by atoms with E-state index in [1.807, 2.05) is 13.0 Å². The lowest BCUT2D eigenvalue weighted by Crippen LogP contribution is -2.27. The number of nitrogen functional groups attached to an aromatic ring is 1. The van der Waals surface area contributed by atoms with E-state index in [2.05, 4.69) is 13.8 Å². The van der Waals surface area contributed by atoms with Gasteiger partial charge in [-0.25, -0.2) is 0 Å². The van der Waals surface area contributed by atoms with Crippen molar-refractivity contribution in [3.63, 3.8) is 0 Å². The van der Waals surface area contributed by atoms with Crippen LogP contribution in [0.25, 0.3) is 0 Å². The molecular formula is C14H23NO3. The predicted octanol–water partition coefficient (Wildman–Crippen LogP) is 2.07. The van der Waals surface area contributed by atoms with Crippen molar-refractivity contribution < 1.29 is 14.6 Å². The van der Waals surface area contributed by atoms with E-state index in [4.69, 9.17) is 15.2 Å². The van der Waals surface area contributed by atoms with Crippen LogP contribution < -0.4 is 10.5 Å². The summed E-state index contributed by atoms with van der Waals surface area (Å²) in [7, 11) is 0. The van der Waals surface area contributed by atoms with Gasteiger partial charge in [0.25, 0.3) is 0 Å². The zero-order valence-electron chi connectivity index (χ0n) is 11.3. The Hall–Kier alpha value is -1.26. The number of aliphatic hydroxyl groups excluding tert-OH is 1. The fraction of sp³-hybridized carbons (Fsp3) is 0.571. The molecule has 0 saturated heterocycles. The van der Waals surface area contributed by atoms with E-state index in [1.54, 1.807) is 18.2 Å². The highest BCUT2D eigenvalue weighted by atomic mass is 16.5. The Morgan fingerprint density at radius 3 is 2.56 bits per heavy atom. The maximum absolute atomic E-state index is 9.73. The van der Waals surface area contributed by atoms with Gasteiger partial charge in [-0.3, -0.25) is 0 Å². The van der Waals surface area contributed by atoms with Crippen molar-refractivity contribution in [2.24, 2.45) is 5.92 Å². The van der Waals surface area contributed by atoms with Gasteiger partial charge < -0.3 is 20.3 Å². The Morgan fingerprint density at radius 2 is 1.94 bits per heavy atom. The molecule has 0 radical (unpaired) electrons. The highest BCUT2D eigenvalue weighted by Crippen LogP contribution is 2.14. The molecule has 0 bridgehead atoms. The number of aliphatic hydroxyl groups is 1. The van der Waals surface area contributed by atoms with Gasteiger partial charge in [0.15, 0.2) is 0 Å². The molecule has 0 aliphatic heterocycles. The lowest BCUT2D eigenvalue weighted by atomic mass is 10.1. The van der Waals surface area contributed by atoms with Crippen molar-refractivity contribution in [1.29, 1.82) is 0 Å². The highest BCUT2D eigenvalue weighted by Gasteiger charge is 2.11. The van der Waals surface area contributed by atoms with Crippen molar-refractivity contribution >= 4 is 5.69 Å². The van der Waals surface area contributed by atoms with Crippen molar-refractivity contribution in [2.75, 3.05) is 18.9 Å². The van der Waals surface area contributed by atoms with Crippen molar-refractivity contribution in [3.05, 3.63) is 24.3 Å². The largest absolute Gasteiger partial charge is 0.491 e. The molecule has 4 heteroatoms. The fourth-order valence-corrected chi connectivity index (χ4v) is 1.30. The Bertz CT molecular complexity index is 355. The van der Waals surface area contributed by atoms with E-state index >= 15 is 0 Å². The molecule has 1 rings (SSSR count). The molecule has 0 aliphatic rings. The molecule has 0 aliphatic carbocycles. The average Bonchev–Trinajstić information content (AvgIpc) is 2.33. The van der Waals surface area contributed by atoms with Gasteiger partial charge in [0.05, 0.1) is 12.7 Å². The third kappa shape index (κ3) is 5.38. The lowest BCUT2D eigenvalue weighted by Gasteiger charge is -2.19. The van der Waals surface area contributed by atoms with Gasteiger partial charge >= 0.3 is 0 Å². The molecule has 2 unspecified atom stereocenters. The topological polar surface area (TPSA) is 64.7 Å². The molecule has 0 spiro atoms. The molecule has 2 atom stereocenters. The quantitative estimate of drug-likeness (QED) is 0.730. The summed E-state index contributed by atoms with van der Waals surface area (Å²) >= 11 is 0. The van der Waals surface area contributed by atoms with E-state index in [9.17, 15) is 5.11 Å². The van der Waals surface area contributed by atoms with Gasteiger partial charge in [-0.05, 0) is 25.0 Å². The second kappa shape index (κ2) is 7.24. The maximum atomic E-state index is 9.73. The Balaban J connectivity index is 2.27. The Kier molecular flexibility index (Phi) is 5.95. The molecule has 1 aromatic rings. The van der Waals surface area contributed by atoms with Crippen LogP contribution in [0.3, 0.4) is 0 Å². The number of hydrogen-bond acceptors (Lipinski definition) is 4. The first-order chi connectivity index (χ1) is 8.49. The molecule has 0 saturated carbocycles. The average molecular weight is 253 g/mol. The summed E-state index contributed by atoms with van der Waals surface area (Å²) in [4.78, 5) is 0. The molecular weight excluding hydrogens is 230 g/mol. The van der Waals surface area contributed by atoms with Crippen molar-refractivity contribution in [2.45, 2.75) is 33.0 Å². The minimum atomic E-state index is -0.632. The zero-order chi connectivity index (χ0) is 13.5. The van der Waals surface area contributed by atoms with Gasteiger partial charge in [0.1, 0.15) is 18.5 Å². The molecule has 4 nitrogen and oxygen atoms in total. The van der Waals surface area contributed by atoms with Crippen LogP contribution in [-0.2, 0) is 4.74 Å². The van der Waals surface area contributed by atoms with Crippen LogP contribution in [0, 0.1) is 5.92 Å². The van der Waals surface area contributed by atoms with Crippen LogP contribution in [0.1, 0.15) is 20.8 Å². The molecule has 18 heavy (non-hydrogen) atoms. The molecule has 0 fully saturated rings. The summed E-state index contributed by atoms with van der Waals surface area (Å²) in [5, 5.41) is 9.73. The first-order valence-electron chi connectivity index (χ1n) is 6.27. The van der Waals surface area contributed by atoms with Crippen molar-refractivity contribution in [3.8, 4) is 5.75 Å². The first-order valence-corrected chi connectivity index (χ1v) is 6.27. The van der Waals surface area contributed by atoms with Gasteiger partial charge in [0.2, 0.25) is 0 Å². The van der Waals surface area contributed by atoms with E-state index in [0.29, 0.717) is 17.4 Å². The highest BCUT2D eigenvalue weighted by molar-refractivity contribution is 5.43.